The van der Waals surface area contributed by atoms with Crippen LogP contribution in [0.25, 0.3) is 0 Å². The van der Waals surface area contributed by atoms with Gasteiger partial charge in [-0.05, 0) is 24.3 Å². The molecule has 0 amide bonds. The molecular formula is C13H16ClN3O. The molecule has 2 aromatic rings. The van der Waals surface area contributed by atoms with Gasteiger partial charge in [0, 0.05) is 36.9 Å². The van der Waals surface area contributed by atoms with Gasteiger partial charge in [0.1, 0.15) is 5.75 Å². The fourth-order valence-corrected chi connectivity index (χ4v) is 1.96. The molecule has 0 aliphatic rings. The number of aromatic nitrogens is 2. The molecule has 4 nitrogen and oxygen atoms in total. The molecule has 0 aliphatic carbocycles. The van der Waals surface area contributed by atoms with Crippen LogP contribution in [0.15, 0.2) is 30.5 Å². The molecule has 0 radical (unpaired) electrons. The van der Waals surface area contributed by atoms with E-state index in [9.17, 15) is 0 Å². The van der Waals surface area contributed by atoms with Gasteiger partial charge in [-0.3, -0.25) is 4.68 Å². The fraction of sp³-hybridized carbons (Fsp3) is 0.308. The summed E-state index contributed by atoms with van der Waals surface area (Å²) in [7, 11) is 3.56. The molecule has 1 aromatic carbocycles. The Labute approximate surface area is 112 Å². The first-order valence-electron chi connectivity index (χ1n) is 5.70. The monoisotopic (exact) mass is 265 g/mol. The van der Waals surface area contributed by atoms with E-state index in [0.717, 1.165) is 23.6 Å². The normalized spacial score (nSPS) is 10.6. The number of rotatable bonds is 5. The maximum absolute atomic E-state index is 5.97. The minimum absolute atomic E-state index is 0.695. The SMILES string of the molecule is COc1ccc(Cl)cc1CNCc1ccn(C)n1. The summed E-state index contributed by atoms with van der Waals surface area (Å²) in [6, 6.07) is 7.59. The summed E-state index contributed by atoms with van der Waals surface area (Å²) >= 11 is 5.97. The van der Waals surface area contributed by atoms with E-state index >= 15 is 0 Å². The Kier molecular flexibility index (Phi) is 4.23. The third-order valence-corrected chi connectivity index (χ3v) is 2.87. The number of nitrogens with zero attached hydrogens (tertiary/aromatic N) is 2. The third-order valence-electron chi connectivity index (χ3n) is 2.63. The largest absolute Gasteiger partial charge is 0.496 e. The first kappa shape index (κ1) is 12.9. The number of methoxy groups -OCH3 is 1. The molecule has 0 atom stereocenters. The number of ether oxygens (including phenoxy) is 1. The van der Waals surface area contributed by atoms with E-state index in [0.29, 0.717) is 11.6 Å². The lowest BCUT2D eigenvalue weighted by Crippen LogP contribution is -2.14. The van der Waals surface area contributed by atoms with Gasteiger partial charge in [0.25, 0.3) is 0 Å². The summed E-state index contributed by atoms with van der Waals surface area (Å²) in [5.41, 5.74) is 2.06. The van der Waals surface area contributed by atoms with Crippen molar-refractivity contribution in [2.75, 3.05) is 7.11 Å². The number of benzene rings is 1. The number of nitrogens with one attached hydrogen (secondary N) is 1. The van der Waals surface area contributed by atoms with Crippen molar-refractivity contribution in [3.63, 3.8) is 0 Å². The van der Waals surface area contributed by atoms with Crippen LogP contribution in [-0.4, -0.2) is 16.9 Å². The van der Waals surface area contributed by atoms with E-state index in [2.05, 4.69) is 10.4 Å². The van der Waals surface area contributed by atoms with E-state index in [4.69, 9.17) is 16.3 Å². The average molecular weight is 266 g/mol. The minimum Gasteiger partial charge on any atom is -0.496 e. The van der Waals surface area contributed by atoms with E-state index in [1.165, 1.54) is 0 Å². The van der Waals surface area contributed by atoms with Gasteiger partial charge in [-0.1, -0.05) is 11.6 Å². The van der Waals surface area contributed by atoms with E-state index in [-0.39, 0.29) is 0 Å². The van der Waals surface area contributed by atoms with E-state index in [1.807, 2.05) is 37.5 Å². The molecule has 1 aromatic heterocycles. The summed E-state index contributed by atoms with van der Waals surface area (Å²) in [4.78, 5) is 0. The highest BCUT2D eigenvalue weighted by atomic mass is 35.5. The van der Waals surface area contributed by atoms with Crippen LogP contribution < -0.4 is 10.1 Å². The molecule has 0 saturated heterocycles. The summed E-state index contributed by atoms with van der Waals surface area (Å²) < 4.78 is 7.08. The molecule has 2 rings (SSSR count). The molecule has 0 saturated carbocycles. The van der Waals surface area contributed by atoms with Gasteiger partial charge in [-0.2, -0.15) is 5.10 Å². The fourth-order valence-electron chi connectivity index (χ4n) is 1.77. The quantitative estimate of drug-likeness (QED) is 0.902. The summed E-state index contributed by atoms with van der Waals surface area (Å²) in [5, 5.41) is 8.33. The molecule has 1 N–H and O–H groups in total. The lowest BCUT2D eigenvalue weighted by Gasteiger charge is -2.09. The van der Waals surface area contributed by atoms with Crippen molar-refractivity contribution in [1.29, 1.82) is 0 Å². The predicted octanol–water partition coefficient (Wildman–Crippen LogP) is 2.37. The first-order chi connectivity index (χ1) is 8.69. The van der Waals surface area contributed by atoms with Gasteiger partial charge in [0.05, 0.1) is 12.8 Å². The molecule has 18 heavy (non-hydrogen) atoms. The maximum Gasteiger partial charge on any atom is 0.123 e. The van der Waals surface area contributed by atoms with Crippen molar-refractivity contribution in [2.45, 2.75) is 13.1 Å². The van der Waals surface area contributed by atoms with Gasteiger partial charge in [-0.25, -0.2) is 0 Å². The molecule has 0 unspecified atom stereocenters. The molecule has 5 heteroatoms. The molecule has 0 spiro atoms. The van der Waals surface area contributed by atoms with Crippen LogP contribution in [0.2, 0.25) is 5.02 Å². The Morgan fingerprint density at radius 2 is 2.17 bits per heavy atom. The zero-order chi connectivity index (χ0) is 13.0. The lowest BCUT2D eigenvalue weighted by molar-refractivity contribution is 0.407. The Balaban J connectivity index is 1.95. The number of halogens is 1. The number of hydrogen-bond acceptors (Lipinski definition) is 3. The van der Waals surface area contributed by atoms with Crippen molar-refractivity contribution in [3.05, 3.63) is 46.7 Å². The second kappa shape index (κ2) is 5.89. The highest BCUT2D eigenvalue weighted by molar-refractivity contribution is 6.30. The van der Waals surface area contributed by atoms with Crippen LogP contribution in [0.3, 0.4) is 0 Å². The van der Waals surface area contributed by atoms with E-state index < -0.39 is 0 Å². The Morgan fingerprint density at radius 1 is 1.33 bits per heavy atom. The van der Waals surface area contributed by atoms with Gasteiger partial charge in [0.15, 0.2) is 0 Å². The predicted molar refractivity (Wildman–Crippen MR) is 71.8 cm³/mol. The summed E-state index contributed by atoms with van der Waals surface area (Å²) in [6.07, 6.45) is 1.93. The van der Waals surface area contributed by atoms with Gasteiger partial charge in [-0.15, -0.1) is 0 Å². The maximum atomic E-state index is 5.97. The third kappa shape index (κ3) is 3.24. The second-order valence-electron chi connectivity index (χ2n) is 4.04. The van der Waals surface area contributed by atoms with Gasteiger partial charge >= 0.3 is 0 Å². The van der Waals surface area contributed by atoms with Crippen LogP contribution >= 0.6 is 11.6 Å². The van der Waals surface area contributed by atoms with Crippen molar-refractivity contribution < 1.29 is 4.74 Å². The molecule has 0 aliphatic heterocycles. The minimum atomic E-state index is 0.695. The topological polar surface area (TPSA) is 39.1 Å². The van der Waals surface area contributed by atoms with Crippen LogP contribution in [0.4, 0.5) is 0 Å². The highest BCUT2D eigenvalue weighted by Crippen LogP contribution is 2.22. The average Bonchev–Trinajstić information content (AvgIpc) is 2.75. The summed E-state index contributed by atoms with van der Waals surface area (Å²) in [6.45, 7) is 1.41. The standard InChI is InChI=1S/C13H16ClN3O/c1-17-6-5-12(16-17)9-15-8-10-7-11(14)3-4-13(10)18-2/h3-7,15H,8-9H2,1-2H3. The lowest BCUT2D eigenvalue weighted by atomic mass is 10.2. The molecular weight excluding hydrogens is 250 g/mol. The first-order valence-corrected chi connectivity index (χ1v) is 6.08. The van der Waals surface area contributed by atoms with Crippen LogP contribution in [-0.2, 0) is 20.1 Å². The number of hydrogen-bond donors (Lipinski definition) is 1. The van der Waals surface area contributed by atoms with Crippen molar-refractivity contribution in [3.8, 4) is 5.75 Å². The van der Waals surface area contributed by atoms with Gasteiger partial charge in [0.2, 0.25) is 0 Å². The van der Waals surface area contributed by atoms with Gasteiger partial charge < -0.3 is 10.1 Å². The van der Waals surface area contributed by atoms with Crippen LogP contribution in [0.1, 0.15) is 11.3 Å². The molecule has 1 heterocycles. The van der Waals surface area contributed by atoms with Crippen molar-refractivity contribution in [1.82, 2.24) is 15.1 Å². The zero-order valence-electron chi connectivity index (χ0n) is 10.5. The molecule has 0 fully saturated rings. The van der Waals surface area contributed by atoms with Crippen LogP contribution in [0, 0.1) is 0 Å². The van der Waals surface area contributed by atoms with Crippen molar-refractivity contribution in [2.24, 2.45) is 7.05 Å². The van der Waals surface area contributed by atoms with Crippen molar-refractivity contribution >= 4 is 11.6 Å². The Morgan fingerprint density at radius 3 is 2.83 bits per heavy atom. The second-order valence-corrected chi connectivity index (χ2v) is 4.48. The number of aryl methyl sites for hydroxylation is 1. The van der Waals surface area contributed by atoms with Crippen LogP contribution in [0.5, 0.6) is 5.75 Å². The molecule has 96 valence electrons. The molecule has 0 bridgehead atoms. The zero-order valence-corrected chi connectivity index (χ0v) is 11.2. The smallest absolute Gasteiger partial charge is 0.123 e. The summed E-state index contributed by atoms with van der Waals surface area (Å²) in [5.74, 6) is 0.841. The highest BCUT2D eigenvalue weighted by Gasteiger charge is 2.04. The Hall–Kier alpha value is -1.52. The van der Waals surface area contributed by atoms with E-state index in [1.54, 1.807) is 11.8 Å². The Bertz CT molecular complexity index is 525.